The third kappa shape index (κ3) is 2.33. The summed E-state index contributed by atoms with van der Waals surface area (Å²) in [5.74, 6) is 1.68. The van der Waals surface area contributed by atoms with Gasteiger partial charge in [0.2, 0.25) is 0 Å². The zero-order chi connectivity index (χ0) is 13.2. The normalized spacial score (nSPS) is 19.8. The van der Waals surface area contributed by atoms with Crippen LogP contribution in [0.5, 0.6) is 0 Å². The maximum Gasteiger partial charge on any atom is 0.305 e. The van der Waals surface area contributed by atoms with Crippen LogP contribution in [0.3, 0.4) is 0 Å². The molecule has 0 bridgehead atoms. The average Bonchev–Trinajstić information content (AvgIpc) is 2.87. The first-order chi connectivity index (χ1) is 9.25. The van der Waals surface area contributed by atoms with Crippen LogP contribution in [0.25, 0.3) is 5.65 Å². The van der Waals surface area contributed by atoms with Gasteiger partial charge in [0.25, 0.3) is 0 Å². The number of fused-ring (bicyclic) bond motifs is 1. The Labute approximate surface area is 112 Å². The molecule has 0 radical (unpaired) electrons. The first kappa shape index (κ1) is 12.2. The number of nitrogens with zero attached hydrogens (tertiary/aromatic N) is 6. The third-order valence-electron chi connectivity index (χ3n) is 3.02. The Bertz CT molecular complexity index is 602. The summed E-state index contributed by atoms with van der Waals surface area (Å²) in [4.78, 5) is 17.1. The molecule has 100 valence electrons. The van der Waals surface area contributed by atoms with Gasteiger partial charge in [0.05, 0.1) is 18.8 Å². The molecule has 1 fully saturated rings. The fraction of sp³-hybridized carbons (Fsp3) is 0.500. The van der Waals surface area contributed by atoms with Gasteiger partial charge in [-0.05, 0) is 10.4 Å². The Balaban J connectivity index is 1.97. The van der Waals surface area contributed by atoms with E-state index >= 15 is 0 Å². The number of thioether (sulfide) groups is 1. The molecule has 3 rings (SSSR count). The number of hydrogen-bond acceptors (Lipinski definition) is 7. The predicted molar refractivity (Wildman–Crippen MR) is 69.3 cm³/mol. The first-order valence-electron chi connectivity index (χ1n) is 5.84. The van der Waals surface area contributed by atoms with Crippen LogP contribution in [0, 0.1) is 0 Å². The van der Waals surface area contributed by atoms with Crippen molar-refractivity contribution in [2.24, 2.45) is 0 Å². The van der Waals surface area contributed by atoms with Crippen molar-refractivity contribution in [1.82, 2.24) is 25.0 Å². The monoisotopic (exact) mass is 280 g/mol. The fourth-order valence-electron chi connectivity index (χ4n) is 2.19. The van der Waals surface area contributed by atoms with E-state index in [1.807, 2.05) is 4.90 Å². The number of carbonyl (C=O) groups is 1. The molecule has 0 aliphatic carbocycles. The van der Waals surface area contributed by atoms with Crippen molar-refractivity contribution in [2.45, 2.75) is 12.5 Å². The van der Waals surface area contributed by atoms with Gasteiger partial charge in [-0.15, -0.1) is 5.10 Å². The number of carboxylic acid groups (broad SMARTS) is 1. The average molecular weight is 280 g/mol. The molecule has 2 aromatic heterocycles. The maximum atomic E-state index is 11.0. The molecule has 1 unspecified atom stereocenters. The second-order valence-electron chi connectivity index (χ2n) is 4.23. The highest BCUT2D eigenvalue weighted by molar-refractivity contribution is 7.99. The van der Waals surface area contributed by atoms with Crippen LogP contribution in [0.1, 0.15) is 6.42 Å². The second kappa shape index (κ2) is 5.00. The quantitative estimate of drug-likeness (QED) is 0.833. The van der Waals surface area contributed by atoms with Crippen LogP contribution in [0.15, 0.2) is 12.4 Å². The van der Waals surface area contributed by atoms with E-state index in [9.17, 15) is 4.79 Å². The number of rotatable bonds is 3. The van der Waals surface area contributed by atoms with Crippen LogP contribution in [0.4, 0.5) is 5.82 Å². The van der Waals surface area contributed by atoms with Crippen LogP contribution in [-0.4, -0.2) is 60.2 Å². The summed E-state index contributed by atoms with van der Waals surface area (Å²) in [6, 6.07) is -0.0622. The fourth-order valence-corrected chi connectivity index (χ4v) is 3.25. The van der Waals surface area contributed by atoms with Gasteiger partial charge in [-0.2, -0.15) is 16.3 Å². The van der Waals surface area contributed by atoms with Crippen molar-refractivity contribution in [3.8, 4) is 0 Å². The van der Waals surface area contributed by atoms with Gasteiger partial charge < -0.3 is 10.0 Å². The molecule has 1 atom stereocenters. The highest BCUT2D eigenvalue weighted by Gasteiger charge is 2.27. The minimum Gasteiger partial charge on any atom is -0.481 e. The SMILES string of the molecule is O=C(O)CC1CSCCN1c1cncc2nnnn12. The largest absolute Gasteiger partial charge is 0.481 e. The molecule has 8 nitrogen and oxygen atoms in total. The number of carboxylic acids is 1. The number of hydrogen-bond donors (Lipinski definition) is 1. The molecule has 2 aromatic rings. The molecular formula is C10H12N6O2S. The molecule has 0 amide bonds. The van der Waals surface area contributed by atoms with Gasteiger partial charge in [-0.3, -0.25) is 9.78 Å². The Kier molecular flexibility index (Phi) is 3.20. The van der Waals surface area contributed by atoms with Crippen molar-refractivity contribution in [3.63, 3.8) is 0 Å². The van der Waals surface area contributed by atoms with Crippen molar-refractivity contribution in [2.75, 3.05) is 23.0 Å². The summed E-state index contributed by atoms with van der Waals surface area (Å²) in [6.07, 6.45) is 3.36. The van der Waals surface area contributed by atoms with Crippen molar-refractivity contribution in [1.29, 1.82) is 0 Å². The molecule has 0 saturated carbocycles. The van der Waals surface area contributed by atoms with Crippen LogP contribution in [0.2, 0.25) is 0 Å². The highest BCUT2D eigenvalue weighted by atomic mass is 32.2. The van der Waals surface area contributed by atoms with Gasteiger partial charge in [0.15, 0.2) is 11.5 Å². The van der Waals surface area contributed by atoms with Crippen LogP contribution < -0.4 is 4.90 Å². The van der Waals surface area contributed by atoms with E-state index in [1.165, 1.54) is 0 Å². The zero-order valence-electron chi connectivity index (χ0n) is 10.0. The van der Waals surface area contributed by atoms with E-state index in [4.69, 9.17) is 5.11 Å². The lowest BCUT2D eigenvalue weighted by Crippen LogP contribution is -2.44. The molecule has 3 heterocycles. The number of tetrazole rings is 1. The smallest absolute Gasteiger partial charge is 0.305 e. The summed E-state index contributed by atoms with van der Waals surface area (Å²) in [7, 11) is 0. The standard InChI is InChI=1S/C10H12N6O2S/c17-10(18)3-7-6-19-2-1-15(7)9-5-11-4-8-12-13-14-16(8)9/h4-5,7H,1-3,6H2,(H,17,18). The second-order valence-corrected chi connectivity index (χ2v) is 5.38. The van der Waals surface area contributed by atoms with Crippen molar-refractivity contribution < 1.29 is 9.90 Å². The van der Waals surface area contributed by atoms with Gasteiger partial charge in [0, 0.05) is 24.1 Å². The minimum atomic E-state index is -0.797. The molecule has 0 aromatic carbocycles. The molecular weight excluding hydrogens is 268 g/mol. The van der Waals surface area contributed by atoms with E-state index in [0.29, 0.717) is 5.65 Å². The van der Waals surface area contributed by atoms with E-state index in [1.54, 1.807) is 28.7 Å². The molecule has 9 heteroatoms. The lowest BCUT2D eigenvalue weighted by Gasteiger charge is -2.35. The van der Waals surface area contributed by atoms with E-state index in [0.717, 1.165) is 23.9 Å². The lowest BCUT2D eigenvalue weighted by atomic mass is 10.2. The van der Waals surface area contributed by atoms with E-state index in [2.05, 4.69) is 20.5 Å². The van der Waals surface area contributed by atoms with Gasteiger partial charge in [0.1, 0.15) is 0 Å². The van der Waals surface area contributed by atoms with Crippen LogP contribution >= 0.6 is 11.8 Å². The molecule has 0 spiro atoms. The minimum absolute atomic E-state index is 0.0622. The Morgan fingerprint density at radius 3 is 3.26 bits per heavy atom. The van der Waals surface area contributed by atoms with Crippen LogP contribution in [-0.2, 0) is 4.79 Å². The zero-order valence-corrected chi connectivity index (χ0v) is 10.8. The van der Waals surface area contributed by atoms with E-state index < -0.39 is 5.97 Å². The summed E-state index contributed by atoms with van der Waals surface area (Å²) < 4.78 is 1.60. The number of aromatic nitrogens is 5. The maximum absolute atomic E-state index is 11.0. The van der Waals surface area contributed by atoms with E-state index in [-0.39, 0.29) is 12.5 Å². The molecule has 19 heavy (non-hydrogen) atoms. The third-order valence-corrected chi connectivity index (χ3v) is 4.11. The van der Waals surface area contributed by atoms with Gasteiger partial charge in [-0.25, -0.2) is 0 Å². The predicted octanol–water partition coefficient (Wildman–Crippen LogP) is -0.0842. The lowest BCUT2D eigenvalue weighted by molar-refractivity contribution is -0.137. The molecule has 1 saturated heterocycles. The van der Waals surface area contributed by atoms with Crippen molar-refractivity contribution >= 4 is 29.2 Å². The number of anilines is 1. The number of aliphatic carboxylic acids is 1. The molecule has 1 aliphatic rings. The summed E-state index contributed by atoms with van der Waals surface area (Å²) in [6.45, 7) is 0.767. The molecule has 1 N–H and O–H groups in total. The summed E-state index contributed by atoms with van der Waals surface area (Å²) >= 11 is 1.76. The summed E-state index contributed by atoms with van der Waals surface area (Å²) in [5.41, 5.74) is 0.560. The summed E-state index contributed by atoms with van der Waals surface area (Å²) in [5, 5.41) is 20.4. The first-order valence-corrected chi connectivity index (χ1v) is 6.99. The molecule has 1 aliphatic heterocycles. The van der Waals surface area contributed by atoms with Gasteiger partial charge in [-0.1, -0.05) is 0 Å². The topological polar surface area (TPSA) is 96.5 Å². The Hall–Kier alpha value is -1.90. The Morgan fingerprint density at radius 2 is 2.42 bits per heavy atom. The van der Waals surface area contributed by atoms with Gasteiger partial charge >= 0.3 is 5.97 Å². The van der Waals surface area contributed by atoms with Crippen molar-refractivity contribution in [3.05, 3.63) is 12.4 Å². The highest BCUT2D eigenvalue weighted by Crippen LogP contribution is 2.25. The Morgan fingerprint density at radius 1 is 1.53 bits per heavy atom.